The SMILES string of the molecule is O=C(/C=C/CF)N1CC[C@H]2CCN(c3ncnc4[nH]ccc34)[C@@H]2C1. The Balaban J connectivity index is 1.59. The van der Waals surface area contributed by atoms with Crippen LogP contribution in [0.25, 0.3) is 11.0 Å². The van der Waals surface area contributed by atoms with Crippen molar-refractivity contribution in [2.75, 3.05) is 31.2 Å². The summed E-state index contributed by atoms with van der Waals surface area (Å²) in [7, 11) is 0. The van der Waals surface area contributed by atoms with Crippen LogP contribution < -0.4 is 4.90 Å². The molecule has 4 heterocycles. The molecule has 1 amide bonds. The van der Waals surface area contributed by atoms with E-state index in [9.17, 15) is 9.18 Å². The number of hydrogen-bond donors (Lipinski definition) is 1. The third kappa shape index (κ3) is 2.53. The monoisotopic (exact) mass is 329 g/mol. The maximum Gasteiger partial charge on any atom is 0.246 e. The summed E-state index contributed by atoms with van der Waals surface area (Å²) in [5, 5.41) is 1.01. The fourth-order valence-electron chi connectivity index (χ4n) is 3.94. The van der Waals surface area contributed by atoms with Gasteiger partial charge in [-0.1, -0.05) is 0 Å². The molecule has 0 aliphatic carbocycles. The summed E-state index contributed by atoms with van der Waals surface area (Å²) >= 11 is 0. The third-order valence-corrected chi connectivity index (χ3v) is 5.13. The molecule has 0 unspecified atom stereocenters. The zero-order chi connectivity index (χ0) is 16.5. The average molecular weight is 329 g/mol. The molecule has 2 aliphatic heterocycles. The third-order valence-electron chi connectivity index (χ3n) is 5.13. The highest BCUT2D eigenvalue weighted by atomic mass is 19.1. The molecule has 0 saturated carbocycles. The number of rotatable bonds is 3. The molecular weight excluding hydrogens is 309 g/mol. The van der Waals surface area contributed by atoms with Crippen LogP contribution >= 0.6 is 0 Å². The first-order valence-corrected chi connectivity index (χ1v) is 8.34. The first kappa shape index (κ1) is 15.1. The van der Waals surface area contributed by atoms with E-state index in [1.165, 1.54) is 12.2 Å². The van der Waals surface area contributed by atoms with Gasteiger partial charge in [-0.2, -0.15) is 0 Å². The second kappa shape index (κ2) is 6.22. The number of nitrogens with one attached hydrogen (secondary N) is 1. The van der Waals surface area contributed by atoms with Gasteiger partial charge < -0.3 is 14.8 Å². The maximum atomic E-state index is 12.3. The number of hydrogen-bond acceptors (Lipinski definition) is 4. The molecule has 2 aromatic rings. The molecule has 7 heteroatoms. The van der Waals surface area contributed by atoms with Gasteiger partial charge >= 0.3 is 0 Å². The normalized spacial score (nSPS) is 24.0. The van der Waals surface area contributed by atoms with E-state index < -0.39 is 6.67 Å². The number of allylic oxidation sites excluding steroid dienone is 1. The van der Waals surface area contributed by atoms with E-state index in [1.54, 1.807) is 6.33 Å². The number of fused-ring (bicyclic) bond motifs is 2. The van der Waals surface area contributed by atoms with Gasteiger partial charge in [0, 0.05) is 31.9 Å². The van der Waals surface area contributed by atoms with Gasteiger partial charge in [0.05, 0.1) is 11.4 Å². The maximum absolute atomic E-state index is 12.3. The molecule has 0 aromatic carbocycles. The lowest BCUT2D eigenvalue weighted by Crippen LogP contribution is -2.50. The molecule has 2 atom stereocenters. The van der Waals surface area contributed by atoms with E-state index >= 15 is 0 Å². The number of amides is 1. The number of anilines is 1. The number of carbonyl (C=O) groups excluding carboxylic acids is 1. The molecule has 1 N–H and O–H groups in total. The fourth-order valence-corrected chi connectivity index (χ4v) is 3.94. The first-order valence-electron chi connectivity index (χ1n) is 8.34. The molecule has 0 spiro atoms. The summed E-state index contributed by atoms with van der Waals surface area (Å²) in [6, 6.07) is 2.25. The lowest BCUT2D eigenvalue weighted by atomic mass is 9.92. The highest BCUT2D eigenvalue weighted by Crippen LogP contribution is 2.36. The zero-order valence-electron chi connectivity index (χ0n) is 13.4. The van der Waals surface area contributed by atoms with Crippen molar-refractivity contribution in [3.8, 4) is 0 Å². The molecule has 0 radical (unpaired) electrons. The number of halogens is 1. The summed E-state index contributed by atoms with van der Waals surface area (Å²) in [6.07, 6.45) is 8.16. The van der Waals surface area contributed by atoms with E-state index in [4.69, 9.17) is 0 Å². The standard InChI is InChI=1S/C17H20FN5O/c18-6-1-2-15(24)22-8-4-12-5-9-23(14(12)10-22)17-13-3-7-19-16(13)20-11-21-17/h1-3,7,11-12,14H,4-6,8-10H2,(H,19,20,21)/b2-1+/t12-,14+/m0/s1. The van der Waals surface area contributed by atoms with Crippen LogP contribution in [0.2, 0.25) is 0 Å². The highest BCUT2D eigenvalue weighted by Gasteiger charge is 2.40. The summed E-state index contributed by atoms with van der Waals surface area (Å²) in [4.78, 5) is 28.2. The smallest absolute Gasteiger partial charge is 0.246 e. The van der Waals surface area contributed by atoms with Crippen molar-refractivity contribution in [1.82, 2.24) is 19.9 Å². The van der Waals surface area contributed by atoms with Crippen LogP contribution in [0.4, 0.5) is 10.2 Å². The van der Waals surface area contributed by atoms with E-state index in [0.29, 0.717) is 12.5 Å². The summed E-state index contributed by atoms with van der Waals surface area (Å²) in [5.41, 5.74) is 0.832. The number of aromatic amines is 1. The summed E-state index contributed by atoms with van der Waals surface area (Å²) in [5.74, 6) is 1.40. The van der Waals surface area contributed by atoms with Crippen molar-refractivity contribution in [1.29, 1.82) is 0 Å². The number of likely N-dealkylation sites (tertiary alicyclic amines) is 1. The van der Waals surface area contributed by atoms with Crippen LogP contribution in [0.5, 0.6) is 0 Å². The Kier molecular flexibility index (Phi) is 3.92. The van der Waals surface area contributed by atoms with Crippen molar-refractivity contribution in [3.63, 3.8) is 0 Å². The van der Waals surface area contributed by atoms with Crippen LogP contribution in [0.3, 0.4) is 0 Å². The van der Waals surface area contributed by atoms with Crippen LogP contribution in [0, 0.1) is 5.92 Å². The van der Waals surface area contributed by atoms with Gasteiger partial charge in [0.2, 0.25) is 5.91 Å². The predicted molar refractivity (Wildman–Crippen MR) is 89.4 cm³/mol. The minimum Gasteiger partial charge on any atom is -0.351 e. The minimum atomic E-state index is -0.607. The van der Waals surface area contributed by atoms with Gasteiger partial charge in [0.25, 0.3) is 0 Å². The number of piperidine rings is 1. The molecule has 0 bridgehead atoms. The molecule has 2 fully saturated rings. The van der Waals surface area contributed by atoms with E-state index in [0.717, 1.165) is 42.8 Å². The second-order valence-corrected chi connectivity index (χ2v) is 6.38. The Morgan fingerprint density at radius 1 is 1.38 bits per heavy atom. The average Bonchev–Trinajstić information content (AvgIpc) is 3.25. The molecular formula is C17H20FN5O. The van der Waals surface area contributed by atoms with Gasteiger partial charge in [0.15, 0.2) is 0 Å². The molecule has 2 aliphatic rings. The summed E-state index contributed by atoms with van der Waals surface area (Å²) in [6.45, 7) is 1.74. The van der Waals surface area contributed by atoms with Crippen molar-refractivity contribution in [2.24, 2.45) is 5.92 Å². The lowest BCUT2D eigenvalue weighted by molar-refractivity contribution is -0.127. The minimum absolute atomic E-state index is 0.104. The van der Waals surface area contributed by atoms with Crippen molar-refractivity contribution in [2.45, 2.75) is 18.9 Å². The quantitative estimate of drug-likeness (QED) is 0.874. The molecule has 24 heavy (non-hydrogen) atoms. The molecule has 6 nitrogen and oxygen atoms in total. The Morgan fingerprint density at radius 3 is 3.12 bits per heavy atom. The van der Waals surface area contributed by atoms with Gasteiger partial charge in [0.1, 0.15) is 24.5 Å². The fraction of sp³-hybridized carbons (Fsp3) is 0.471. The Bertz CT molecular complexity index is 773. The number of carbonyl (C=O) groups is 1. The Hall–Kier alpha value is -2.44. The van der Waals surface area contributed by atoms with E-state index in [1.807, 2.05) is 17.2 Å². The molecule has 2 aromatic heterocycles. The van der Waals surface area contributed by atoms with Gasteiger partial charge in [-0.15, -0.1) is 0 Å². The van der Waals surface area contributed by atoms with E-state index in [-0.39, 0.29) is 11.9 Å². The second-order valence-electron chi connectivity index (χ2n) is 6.38. The van der Waals surface area contributed by atoms with Crippen molar-refractivity contribution >= 4 is 22.8 Å². The van der Waals surface area contributed by atoms with Crippen LogP contribution in [0.1, 0.15) is 12.8 Å². The Labute approximate surface area is 139 Å². The predicted octanol–water partition coefficient (Wildman–Crippen LogP) is 1.91. The van der Waals surface area contributed by atoms with Crippen LogP contribution in [0.15, 0.2) is 30.7 Å². The van der Waals surface area contributed by atoms with Gasteiger partial charge in [-0.25, -0.2) is 14.4 Å². The zero-order valence-corrected chi connectivity index (χ0v) is 13.4. The number of aromatic nitrogens is 3. The van der Waals surface area contributed by atoms with Crippen molar-refractivity contribution < 1.29 is 9.18 Å². The Morgan fingerprint density at radius 2 is 2.25 bits per heavy atom. The van der Waals surface area contributed by atoms with Gasteiger partial charge in [-0.3, -0.25) is 4.79 Å². The summed E-state index contributed by atoms with van der Waals surface area (Å²) < 4.78 is 12.3. The number of alkyl halides is 1. The highest BCUT2D eigenvalue weighted by molar-refractivity contribution is 5.89. The van der Waals surface area contributed by atoms with Crippen molar-refractivity contribution in [3.05, 3.63) is 30.7 Å². The molecule has 126 valence electrons. The largest absolute Gasteiger partial charge is 0.351 e. The van der Waals surface area contributed by atoms with E-state index in [2.05, 4.69) is 19.9 Å². The number of H-pyrrole nitrogens is 1. The van der Waals surface area contributed by atoms with Crippen LogP contribution in [-0.4, -0.2) is 58.1 Å². The lowest BCUT2D eigenvalue weighted by Gasteiger charge is -2.38. The topological polar surface area (TPSA) is 65.1 Å². The van der Waals surface area contributed by atoms with Crippen LogP contribution in [-0.2, 0) is 4.79 Å². The number of nitrogens with zero attached hydrogens (tertiary/aromatic N) is 4. The van der Waals surface area contributed by atoms with Gasteiger partial charge in [-0.05, 0) is 30.9 Å². The first-order chi connectivity index (χ1) is 11.8. The molecule has 4 rings (SSSR count). The molecule has 2 saturated heterocycles.